The average molecular weight is 259 g/mol. The number of aromatic nitrogens is 1. The van der Waals surface area contributed by atoms with Crippen molar-refractivity contribution in [2.75, 3.05) is 13.1 Å². The molecule has 104 valence electrons. The second-order valence-electron chi connectivity index (χ2n) is 6.22. The van der Waals surface area contributed by atoms with E-state index in [1.54, 1.807) is 0 Å². The molecule has 3 rings (SSSR count). The van der Waals surface area contributed by atoms with Crippen LogP contribution in [0.4, 0.5) is 0 Å². The number of aryl methyl sites for hydroxylation is 1. The molecule has 2 aliphatic rings. The number of rotatable bonds is 4. The van der Waals surface area contributed by atoms with Gasteiger partial charge in [0.15, 0.2) is 0 Å². The van der Waals surface area contributed by atoms with Crippen LogP contribution in [0.5, 0.6) is 0 Å². The molecule has 0 radical (unpaired) electrons. The van der Waals surface area contributed by atoms with Crippen molar-refractivity contribution in [3.8, 4) is 0 Å². The summed E-state index contributed by atoms with van der Waals surface area (Å²) in [5.74, 6) is 0.933. The maximum Gasteiger partial charge on any atom is 0.0313 e. The number of nitrogens with one attached hydrogen (secondary N) is 1. The van der Waals surface area contributed by atoms with E-state index in [9.17, 15) is 0 Å². The largest absolute Gasteiger partial charge is 0.311 e. The first-order chi connectivity index (χ1) is 9.26. The van der Waals surface area contributed by atoms with Crippen LogP contribution in [-0.2, 0) is 6.54 Å². The van der Waals surface area contributed by atoms with Crippen LogP contribution in [0.2, 0.25) is 0 Å². The van der Waals surface area contributed by atoms with Gasteiger partial charge in [0.1, 0.15) is 0 Å². The van der Waals surface area contributed by atoms with E-state index in [1.807, 2.05) is 12.4 Å². The van der Waals surface area contributed by atoms with Gasteiger partial charge >= 0.3 is 0 Å². The van der Waals surface area contributed by atoms with Crippen LogP contribution < -0.4 is 5.32 Å². The molecule has 0 aromatic carbocycles. The molecule has 1 aliphatic carbocycles. The maximum atomic E-state index is 4.33. The zero-order valence-corrected chi connectivity index (χ0v) is 12.1. The minimum absolute atomic E-state index is 0.660. The summed E-state index contributed by atoms with van der Waals surface area (Å²) < 4.78 is 0. The number of hydrogen-bond acceptors (Lipinski definition) is 3. The molecule has 3 heteroatoms. The topological polar surface area (TPSA) is 28.2 Å². The van der Waals surface area contributed by atoms with Crippen molar-refractivity contribution in [1.29, 1.82) is 0 Å². The molecule has 1 aromatic heterocycles. The quantitative estimate of drug-likeness (QED) is 0.899. The molecule has 2 fully saturated rings. The van der Waals surface area contributed by atoms with Gasteiger partial charge in [0.25, 0.3) is 0 Å². The molecule has 0 amide bonds. The smallest absolute Gasteiger partial charge is 0.0313 e. The number of piperazine rings is 1. The summed E-state index contributed by atoms with van der Waals surface area (Å²) in [6, 6.07) is 3.68. The lowest BCUT2D eigenvalue weighted by Gasteiger charge is -2.40. The summed E-state index contributed by atoms with van der Waals surface area (Å²) >= 11 is 0. The van der Waals surface area contributed by atoms with Crippen LogP contribution in [0.15, 0.2) is 18.5 Å². The molecule has 19 heavy (non-hydrogen) atoms. The molecule has 3 nitrogen and oxygen atoms in total. The highest BCUT2D eigenvalue weighted by molar-refractivity contribution is 5.17. The molecular weight excluding hydrogens is 234 g/mol. The summed E-state index contributed by atoms with van der Waals surface area (Å²) in [7, 11) is 0. The summed E-state index contributed by atoms with van der Waals surface area (Å²) in [6.07, 6.45) is 8.03. The predicted molar refractivity (Wildman–Crippen MR) is 78.0 cm³/mol. The van der Waals surface area contributed by atoms with Crippen molar-refractivity contribution in [2.24, 2.45) is 5.92 Å². The van der Waals surface area contributed by atoms with Crippen molar-refractivity contribution in [3.63, 3.8) is 0 Å². The highest BCUT2D eigenvalue weighted by Gasteiger charge is 2.38. The Hall–Kier alpha value is -0.930. The van der Waals surface area contributed by atoms with Gasteiger partial charge < -0.3 is 5.32 Å². The second-order valence-corrected chi connectivity index (χ2v) is 6.22. The first kappa shape index (κ1) is 13.1. The van der Waals surface area contributed by atoms with Gasteiger partial charge in [0, 0.05) is 44.1 Å². The van der Waals surface area contributed by atoms with Crippen molar-refractivity contribution in [2.45, 2.75) is 51.7 Å². The molecule has 1 aliphatic heterocycles. The van der Waals surface area contributed by atoms with Gasteiger partial charge in [-0.25, -0.2) is 0 Å². The van der Waals surface area contributed by atoms with Gasteiger partial charge in [-0.2, -0.15) is 0 Å². The van der Waals surface area contributed by atoms with Crippen molar-refractivity contribution in [3.05, 3.63) is 29.6 Å². The number of nitrogens with zero attached hydrogens (tertiary/aromatic N) is 2. The van der Waals surface area contributed by atoms with E-state index < -0.39 is 0 Å². The fraction of sp³-hybridized carbons (Fsp3) is 0.688. The molecule has 2 heterocycles. The lowest BCUT2D eigenvalue weighted by atomic mass is 10.0. The fourth-order valence-corrected chi connectivity index (χ4v) is 3.24. The van der Waals surface area contributed by atoms with E-state index in [0.29, 0.717) is 6.04 Å². The lowest BCUT2D eigenvalue weighted by Crippen LogP contribution is -2.56. The minimum Gasteiger partial charge on any atom is -0.311 e. The fourth-order valence-electron chi connectivity index (χ4n) is 3.24. The zero-order chi connectivity index (χ0) is 13.2. The highest BCUT2D eigenvalue weighted by Crippen LogP contribution is 2.36. The van der Waals surface area contributed by atoms with Crippen molar-refractivity contribution in [1.82, 2.24) is 15.2 Å². The number of hydrogen-bond donors (Lipinski definition) is 1. The minimum atomic E-state index is 0.660. The van der Waals surface area contributed by atoms with Crippen LogP contribution in [0.3, 0.4) is 0 Å². The Morgan fingerprint density at radius 1 is 1.37 bits per heavy atom. The monoisotopic (exact) mass is 259 g/mol. The summed E-state index contributed by atoms with van der Waals surface area (Å²) in [5.41, 5.74) is 2.63. The molecule has 0 spiro atoms. The second kappa shape index (κ2) is 5.59. The lowest BCUT2D eigenvalue weighted by molar-refractivity contribution is 0.106. The predicted octanol–water partition coefficient (Wildman–Crippen LogP) is 2.35. The Kier molecular flexibility index (Phi) is 3.85. The van der Waals surface area contributed by atoms with Crippen molar-refractivity contribution < 1.29 is 0 Å². The van der Waals surface area contributed by atoms with Crippen LogP contribution in [0.1, 0.15) is 37.3 Å². The Morgan fingerprint density at radius 3 is 2.89 bits per heavy atom. The maximum absolute atomic E-state index is 4.33. The summed E-state index contributed by atoms with van der Waals surface area (Å²) in [4.78, 5) is 7.03. The molecule has 1 aromatic rings. The van der Waals surface area contributed by atoms with E-state index in [2.05, 4.69) is 35.1 Å². The van der Waals surface area contributed by atoms with Gasteiger partial charge in [-0.1, -0.05) is 13.0 Å². The van der Waals surface area contributed by atoms with E-state index in [-0.39, 0.29) is 0 Å². The van der Waals surface area contributed by atoms with Crippen LogP contribution >= 0.6 is 0 Å². The van der Waals surface area contributed by atoms with E-state index in [0.717, 1.165) is 18.5 Å². The standard InChI is InChI=1S/C16H25N3/c1-3-15-11-19(16(9-18-15)14-4-5-14)10-13-6-12(2)7-17-8-13/h6-8,14-16,18H,3-5,9-11H2,1-2H3. The highest BCUT2D eigenvalue weighted by atomic mass is 15.2. The zero-order valence-electron chi connectivity index (χ0n) is 12.1. The summed E-state index contributed by atoms with van der Waals surface area (Å²) in [6.45, 7) is 7.82. The molecular formula is C16H25N3. The van der Waals surface area contributed by atoms with Crippen LogP contribution in [0.25, 0.3) is 0 Å². The van der Waals surface area contributed by atoms with Crippen LogP contribution in [0, 0.1) is 12.8 Å². The Bertz CT molecular complexity index is 428. The van der Waals surface area contributed by atoms with Gasteiger partial charge in [-0.15, -0.1) is 0 Å². The van der Waals surface area contributed by atoms with Gasteiger partial charge in [0.05, 0.1) is 0 Å². The molecule has 2 atom stereocenters. The molecule has 1 N–H and O–H groups in total. The SMILES string of the molecule is CCC1CN(Cc2cncc(C)c2)C(C2CC2)CN1. The van der Waals surface area contributed by atoms with Gasteiger partial charge in [-0.05, 0) is 43.2 Å². The average Bonchev–Trinajstić information content (AvgIpc) is 3.23. The van der Waals surface area contributed by atoms with Crippen molar-refractivity contribution >= 4 is 0 Å². The van der Waals surface area contributed by atoms with Gasteiger partial charge in [-0.3, -0.25) is 9.88 Å². The Labute approximate surface area is 116 Å². The molecule has 1 saturated carbocycles. The van der Waals surface area contributed by atoms with E-state index >= 15 is 0 Å². The molecule has 0 bridgehead atoms. The third-order valence-electron chi connectivity index (χ3n) is 4.52. The van der Waals surface area contributed by atoms with E-state index in [1.165, 1.54) is 43.5 Å². The third-order valence-corrected chi connectivity index (χ3v) is 4.52. The van der Waals surface area contributed by atoms with E-state index in [4.69, 9.17) is 0 Å². The van der Waals surface area contributed by atoms with Gasteiger partial charge in [0.2, 0.25) is 0 Å². The summed E-state index contributed by atoms with van der Waals surface area (Å²) in [5, 5.41) is 3.71. The Balaban J connectivity index is 1.71. The van der Waals surface area contributed by atoms with Crippen LogP contribution in [-0.4, -0.2) is 35.1 Å². The number of pyridine rings is 1. The molecule has 2 unspecified atom stereocenters. The third kappa shape index (κ3) is 3.15. The normalized spacial score (nSPS) is 28.5. The first-order valence-corrected chi connectivity index (χ1v) is 7.64. The molecule has 1 saturated heterocycles. The Morgan fingerprint density at radius 2 is 2.21 bits per heavy atom. The first-order valence-electron chi connectivity index (χ1n) is 7.64.